The van der Waals surface area contributed by atoms with Gasteiger partial charge in [-0.15, -0.1) is 11.3 Å². The van der Waals surface area contributed by atoms with Gasteiger partial charge in [0.15, 0.2) is 0 Å². The number of rotatable bonds is 6. The Labute approximate surface area is 175 Å². The summed E-state index contributed by atoms with van der Waals surface area (Å²) in [6, 6.07) is 22.2. The van der Waals surface area contributed by atoms with Gasteiger partial charge in [0.25, 0.3) is 5.91 Å². The normalized spacial score (nSPS) is 10.8. The first-order valence-electron chi connectivity index (χ1n) is 9.57. The van der Waals surface area contributed by atoms with Crippen molar-refractivity contribution in [3.05, 3.63) is 99.9 Å². The molecule has 0 atom stereocenters. The molecule has 0 aliphatic heterocycles. The molecule has 0 aliphatic carbocycles. The van der Waals surface area contributed by atoms with E-state index in [0.29, 0.717) is 18.7 Å². The van der Waals surface area contributed by atoms with E-state index in [1.807, 2.05) is 66.5 Å². The van der Waals surface area contributed by atoms with Gasteiger partial charge in [0.1, 0.15) is 5.69 Å². The minimum atomic E-state index is -0.0176. The van der Waals surface area contributed by atoms with E-state index in [9.17, 15) is 4.79 Å². The van der Waals surface area contributed by atoms with Gasteiger partial charge in [-0.25, -0.2) is 0 Å². The largest absolute Gasteiger partial charge is 0.336 e. The highest BCUT2D eigenvalue weighted by molar-refractivity contribution is 7.10. The van der Waals surface area contributed by atoms with Gasteiger partial charge in [0.2, 0.25) is 0 Å². The molecule has 0 unspecified atom stereocenters. The molecule has 5 heteroatoms. The molecule has 4 rings (SSSR count). The van der Waals surface area contributed by atoms with Crippen molar-refractivity contribution in [3.63, 3.8) is 0 Å². The maximum Gasteiger partial charge on any atom is 0.257 e. The minimum Gasteiger partial charge on any atom is -0.336 e. The van der Waals surface area contributed by atoms with Crippen molar-refractivity contribution in [1.82, 2.24) is 14.7 Å². The molecule has 0 N–H and O–H groups in total. The Morgan fingerprint density at radius 3 is 2.38 bits per heavy atom. The highest BCUT2D eigenvalue weighted by Crippen LogP contribution is 2.25. The molecule has 0 saturated carbocycles. The summed E-state index contributed by atoms with van der Waals surface area (Å²) in [5, 5.41) is 6.83. The molecule has 0 fully saturated rings. The van der Waals surface area contributed by atoms with Crippen molar-refractivity contribution in [2.24, 2.45) is 0 Å². The second-order valence-corrected chi connectivity index (χ2v) is 8.13. The zero-order valence-electron chi connectivity index (χ0n) is 16.6. The van der Waals surface area contributed by atoms with E-state index in [4.69, 9.17) is 5.10 Å². The third-order valence-electron chi connectivity index (χ3n) is 4.92. The highest BCUT2D eigenvalue weighted by Gasteiger charge is 2.22. The van der Waals surface area contributed by atoms with Gasteiger partial charge in [0, 0.05) is 23.7 Å². The molecule has 146 valence electrons. The molecule has 29 heavy (non-hydrogen) atoms. The lowest BCUT2D eigenvalue weighted by Gasteiger charge is -2.16. The lowest BCUT2D eigenvalue weighted by atomic mass is 10.1. The molecule has 0 bridgehead atoms. The van der Waals surface area contributed by atoms with E-state index in [1.165, 1.54) is 10.4 Å². The summed E-state index contributed by atoms with van der Waals surface area (Å²) in [5.41, 5.74) is 4.67. The predicted molar refractivity (Wildman–Crippen MR) is 118 cm³/mol. The van der Waals surface area contributed by atoms with Crippen molar-refractivity contribution in [2.45, 2.75) is 20.0 Å². The van der Waals surface area contributed by atoms with Gasteiger partial charge in [0.05, 0.1) is 18.7 Å². The summed E-state index contributed by atoms with van der Waals surface area (Å²) in [6.45, 7) is 3.31. The van der Waals surface area contributed by atoms with Crippen LogP contribution in [0.5, 0.6) is 0 Å². The second kappa shape index (κ2) is 8.45. The average Bonchev–Trinajstić information content (AvgIpc) is 3.35. The topological polar surface area (TPSA) is 38.1 Å². The quantitative estimate of drug-likeness (QED) is 0.443. The fraction of sp³-hybridized carbons (Fsp3) is 0.167. The molecule has 1 amide bonds. The monoisotopic (exact) mass is 401 g/mol. The predicted octanol–water partition coefficient (Wildman–Crippen LogP) is 5.24. The molecule has 4 nitrogen and oxygen atoms in total. The molecular formula is C24H23N3OS. The van der Waals surface area contributed by atoms with Gasteiger partial charge in [-0.3, -0.25) is 9.48 Å². The molecule has 2 heterocycles. The third kappa shape index (κ3) is 4.30. The Kier molecular flexibility index (Phi) is 5.58. The molecule has 0 saturated heterocycles. The summed E-state index contributed by atoms with van der Waals surface area (Å²) < 4.78 is 1.86. The van der Waals surface area contributed by atoms with Crippen LogP contribution in [0.1, 0.15) is 26.4 Å². The number of carbonyl (C=O) groups is 1. The van der Waals surface area contributed by atoms with Gasteiger partial charge < -0.3 is 4.90 Å². The minimum absolute atomic E-state index is 0.0176. The second-order valence-electron chi connectivity index (χ2n) is 7.13. The number of thiophene rings is 1. The van der Waals surface area contributed by atoms with E-state index in [1.54, 1.807) is 16.2 Å². The van der Waals surface area contributed by atoms with Crippen LogP contribution in [-0.2, 0) is 13.1 Å². The Bertz CT molecular complexity index is 1100. The van der Waals surface area contributed by atoms with Crippen LogP contribution in [-0.4, -0.2) is 27.6 Å². The van der Waals surface area contributed by atoms with Crippen LogP contribution >= 0.6 is 11.3 Å². The molecular weight excluding hydrogens is 378 g/mol. The third-order valence-corrected chi connectivity index (χ3v) is 5.93. The lowest BCUT2D eigenvalue weighted by molar-refractivity contribution is 0.0787. The highest BCUT2D eigenvalue weighted by atomic mass is 32.1. The van der Waals surface area contributed by atoms with Crippen LogP contribution in [0.25, 0.3) is 11.3 Å². The summed E-state index contributed by atoms with van der Waals surface area (Å²) in [4.78, 5) is 16.3. The van der Waals surface area contributed by atoms with E-state index in [-0.39, 0.29) is 5.91 Å². The number of nitrogens with zero attached hydrogens (tertiary/aromatic N) is 3. The van der Waals surface area contributed by atoms with Crippen molar-refractivity contribution in [1.29, 1.82) is 0 Å². The summed E-state index contributed by atoms with van der Waals surface area (Å²) in [7, 11) is 1.85. The van der Waals surface area contributed by atoms with E-state index < -0.39 is 0 Å². The smallest absolute Gasteiger partial charge is 0.257 e. The van der Waals surface area contributed by atoms with Crippen molar-refractivity contribution in [3.8, 4) is 11.3 Å². The van der Waals surface area contributed by atoms with Gasteiger partial charge in [-0.1, -0.05) is 60.7 Å². The lowest BCUT2D eigenvalue weighted by Crippen LogP contribution is -2.26. The first-order valence-corrected chi connectivity index (χ1v) is 10.4. The van der Waals surface area contributed by atoms with Crippen LogP contribution in [0.4, 0.5) is 0 Å². The summed E-state index contributed by atoms with van der Waals surface area (Å²) in [5.74, 6) is -0.0176. The average molecular weight is 402 g/mol. The van der Waals surface area contributed by atoms with Gasteiger partial charge in [-0.2, -0.15) is 5.10 Å². The van der Waals surface area contributed by atoms with Crippen LogP contribution in [0, 0.1) is 6.92 Å². The summed E-state index contributed by atoms with van der Waals surface area (Å²) >= 11 is 1.68. The van der Waals surface area contributed by atoms with Crippen LogP contribution in [0.2, 0.25) is 0 Å². The molecule has 0 radical (unpaired) electrons. The molecule has 0 aliphatic rings. The first-order chi connectivity index (χ1) is 14.1. The number of aryl methyl sites for hydroxylation is 1. The molecule has 2 aromatic carbocycles. The van der Waals surface area contributed by atoms with Gasteiger partial charge >= 0.3 is 0 Å². The number of hydrogen-bond acceptors (Lipinski definition) is 3. The zero-order chi connectivity index (χ0) is 20.2. The number of aromatic nitrogens is 2. The number of amides is 1. The van der Waals surface area contributed by atoms with E-state index in [0.717, 1.165) is 16.8 Å². The first kappa shape index (κ1) is 19.2. The molecule has 0 spiro atoms. The maximum atomic E-state index is 13.3. The van der Waals surface area contributed by atoms with E-state index in [2.05, 4.69) is 30.5 Å². The fourth-order valence-corrected chi connectivity index (χ4v) is 4.26. The van der Waals surface area contributed by atoms with Crippen LogP contribution < -0.4 is 0 Å². The van der Waals surface area contributed by atoms with Crippen molar-refractivity contribution in [2.75, 3.05) is 7.05 Å². The Hall–Kier alpha value is -3.18. The Morgan fingerprint density at radius 2 is 1.72 bits per heavy atom. The SMILES string of the molecule is Cc1ccsc1CN(C)C(=O)c1cn(Cc2ccccc2)nc1-c1ccccc1. The Balaban J connectivity index is 1.66. The number of benzene rings is 2. The van der Waals surface area contributed by atoms with Crippen molar-refractivity contribution >= 4 is 17.2 Å². The maximum absolute atomic E-state index is 13.3. The molecule has 2 aromatic heterocycles. The standard InChI is InChI=1S/C24H23N3OS/c1-18-13-14-29-22(18)17-26(2)24(28)21-16-27(15-19-9-5-3-6-10-19)25-23(21)20-11-7-4-8-12-20/h3-14,16H,15,17H2,1-2H3. The van der Waals surface area contributed by atoms with Crippen molar-refractivity contribution < 1.29 is 4.79 Å². The fourth-order valence-electron chi connectivity index (χ4n) is 3.30. The Morgan fingerprint density at radius 1 is 1.03 bits per heavy atom. The van der Waals surface area contributed by atoms with Gasteiger partial charge in [-0.05, 0) is 29.5 Å². The number of hydrogen-bond donors (Lipinski definition) is 0. The van der Waals surface area contributed by atoms with Crippen LogP contribution in [0.15, 0.2) is 78.3 Å². The zero-order valence-corrected chi connectivity index (χ0v) is 17.4. The number of carbonyl (C=O) groups excluding carboxylic acids is 1. The summed E-state index contributed by atoms with van der Waals surface area (Å²) in [6.07, 6.45) is 1.87. The molecule has 4 aromatic rings. The van der Waals surface area contributed by atoms with E-state index >= 15 is 0 Å². The van der Waals surface area contributed by atoms with Crippen LogP contribution in [0.3, 0.4) is 0 Å².